The Morgan fingerprint density at radius 2 is 1.85 bits per heavy atom. The number of sulfonamides is 1. The third kappa shape index (κ3) is 3.83. The van der Waals surface area contributed by atoms with Crippen LogP contribution in [0, 0.1) is 0 Å². The van der Waals surface area contributed by atoms with Crippen LogP contribution >= 0.6 is 0 Å². The number of ether oxygens (including phenoxy) is 1. The van der Waals surface area contributed by atoms with Gasteiger partial charge in [-0.1, -0.05) is 12.1 Å². The van der Waals surface area contributed by atoms with Crippen molar-refractivity contribution < 1.29 is 17.6 Å². The molecule has 0 aliphatic carbocycles. The maximum absolute atomic E-state index is 11.1. The van der Waals surface area contributed by atoms with Gasteiger partial charge in [0.15, 0.2) is 0 Å². The van der Waals surface area contributed by atoms with E-state index in [2.05, 4.69) is 5.32 Å². The van der Waals surface area contributed by atoms with E-state index in [-0.39, 0.29) is 5.09 Å². The molecule has 1 aromatic heterocycles. The van der Waals surface area contributed by atoms with Gasteiger partial charge in [0.25, 0.3) is 10.0 Å². The lowest BCUT2D eigenvalue weighted by atomic mass is 10.2. The fourth-order valence-electron chi connectivity index (χ4n) is 1.68. The van der Waals surface area contributed by atoms with Gasteiger partial charge in [-0.15, -0.1) is 0 Å². The normalized spacial score (nSPS) is 11.5. The zero-order valence-corrected chi connectivity index (χ0v) is 11.8. The summed E-state index contributed by atoms with van der Waals surface area (Å²) in [6.07, 6.45) is 0. The van der Waals surface area contributed by atoms with Gasteiger partial charge < -0.3 is 14.5 Å². The highest BCUT2D eigenvalue weighted by atomic mass is 32.2. The predicted octanol–water partition coefficient (Wildman–Crippen LogP) is 1.23. The molecule has 0 spiro atoms. The van der Waals surface area contributed by atoms with Crippen LogP contribution in [0.1, 0.15) is 11.3 Å². The summed E-state index contributed by atoms with van der Waals surface area (Å²) in [6, 6.07) is 10.6. The molecule has 3 N–H and O–H groups in total. The van der Waals surface area contributed by atoms with E-state index in [1.807, 2.05) is 24.3 Å². The van der Waals surface area contributed by atoms with E-state index in [1.165, 1.54) is 6.07 Å². The second-order valence-electron chi connectivity index (χ2n) is 4.22. The lowest BCUT2D eigenvalue weighted by Gasteiger charge is -2.04. The molecule has 2 rings (SSSR count). The van der Waals surface area contributed by atoms with Crippen LogP contribution in [0.25, 0.3) is 0 Å². The average molecular weight is 296 g/mol. The molecule has 0 fully saturated rings. The zero-order valence-electron chi connectivity index (χ0n) is 11.0. The highest BCUT2D eigenvalue weighted by Gasteiger charge is 2.12. The van der Waals surface area contributed by atoms with Crippen LogP contribution in [0.2, 0.25) is 0 Å². The lowest BCUT2D eigenvalue weighted by Crippen LogP contribution is -2.13. The van der Waals surface area contributed by atoms with Crippen LogP contribution in [0.4, 0.5) is 0 Å². The molecule has 6 nitrogen and oxygen atoms in total. The second-order valence-corrected chi connectivity index (χ2v) is 5.71. The Balaban J connectivity index is 1.88. The van der Waals surface area contributed by atoms with Gasteiger partial charge in [-0.3, -0.25) is 0 Å². The third-order valence-electron chi connectivity index (χ3n) is 2.70. The van der Waals surface area contributed by atoms with Crippen LogP contribution in [0.15, 0.2) is 45.9 Å². The lowest BCUT2D eigenvalue weighted by molar-refractivity contribution is 0.402. The van der Waals surface area contributed by atoms with Crippen molar-refractivity contribution in [3.8, 4) is 5.75 Å². The van der Waals surface area contributed by atoms with Crippen molar-refractivity contribution in [3.63, 3.8) is 0 Å². The van der Waals surface area contributed by atoms with E-state index < -0.39 is 10.0 Å². The first-order chi connectivity index (χ1) is 9.49. The van der Waals surface area contributed by atoms with Crippen molar-refractivity contribution >= 4 is 10.0 Å². The molecule has 2 aromatic rings. The SMILES string of the molecule is COc1ccc(CNCc2ccc(S(N)(=O)=O)o2)cc1. The van der Waals surface area contributed by atoms with Crippen LogP contribution in [-0.2, 0) is 23.1 Å². The molecule has 1 heterocycles. The number of nitrogens with two attached hydrogens (primary N) is 1. The molecule has 0 amide bonds. The number of rotatable bonds is 6. The number of hydrogen-bond donors (Lipinski definition) is 2. The Hall–Kier alpha value is -1.83. The van der Waals surface area contributed by atoms with Crippen LogP contribution in [-0.4, -0.2) is 15.5 Å². The first-order valence-corrected chi connectivity index (χ1v) is 7.49. The van der Waals surface area contributed by atoms with E-state index in [0.29, 0.717) is 18.8 Å². The van der Waals surface area contributed by atoms with Gasteiger partial charge in [-0.05, 0) is 29.8 Å². The Morgan fingerprint density at radius 1 is 1.15 bits per heavy atom. The molecule has 0 atom stereocenters. The van der Waals surface area contributed by atoms with Gasteiger partial charge in [-0.25, -0.2) is 13.6 Å². The van der Waals surface area contributed by atoms with E-state index in [0.717, 1.165) is 11.3 Å². The second kappa shape index (κ2) is 6.08. The standard InChI is InChI=1S/C13H16N2O4S/c1-18-11-4-2-10(3-5-11)8-15-9-12-6-7-13(19-12)20(14,16)17/h2-7,15H,8-9H2,1H3,(H2,14,16,17). The Bertz CT molecular complexity index is 662. The van der Waals surface area contributed by atoms with Crippen molar-refractivity contribution in [1.29, 1.82) is 0 Å². The molecule has 20 heavy (non-hydrogen) atoms. The zero-order chi connectivity index (χ0) is 14.6. The number of methoxy groups -OCH3 is 1. The molecular weight excluding hydrogens is 280 g/mol. The van der Waals surface area contributed by atoms with Gasteiger partial charge in [0, 0.05) is 6.54 Å². The van der Waals surface area contributed by atoms with E-state index in [4.69, 9.17) is 14.3 Å². The summed E-state index contributed by atoms with van der Waals surface area (Å²) in [5.41, 5.74) is 1.09. The highest BCUT2D eigenvalue weighted by Crippen LogP contribution is 2.13. The molecule has 0 aliphatic heterocycles. The minimum atomic E-state index is -3.78. The van der Waals surface area contributed by atoms with E-state index in [9.17, 15) is 8.42 Å². The Labute approximate surface area is 117 Å². The predicted molar refractivity (Wildman–Crippen MR) is 73.6 cm³/mol. The molecule has 0 radical (unpaired) electrons. The molecule has 1 aromatic carbocycles. The smallest absolute Gasteiger partial charge is 0.271 e. The number of primary sulfonamides is 1. The molecule has 0 saturated heterocycles. The van der Waals surface area contributed by atoms with E-state index >= 15 is 0 Å². The topological polar surface area (TPSA) is 94.6 Å². The van der Waals surface area contributed by atoms with Gasteiger partial charge in [-0.2, -0.15) is 0 Å². The largest absolute Gasteiger partial charge is 0.497 e. The van der Waals surface area contributed by atoms with E-state index in [1.54, 1.807) is 13.2 Å². The summed E-state index contributed by atoms with van der Waals surface area (Å²) < 4.78 is 32.3. The third-order valence-corrected chi connectivity index (χ3v) is 3.49. The summed E-state index contributed by atoms with van der Waals surface area (Å²) in [7, 11) is -2.16. The summed E-state index contributed by atoms with van der Waals surface area (Å²) in [5, 5.41) is 7.89. The quantitative estimate of drug-likeness (QED) is 0.836. The molecule has 0 saturated carbocycles. The first-order valence-electron chi connectivity index (χ1n) is 5.94. The van der Waals surface area contributed by atoms with Crippen LogP contribution in [0.5, 0.6) is 5.75 Å². The Kier molecular flexibility index (Phi) is 4.43. The molecule has 0 bridgehead atoms. The summed E-state index contributed by atoms with van der Waals surface area (Å²) in [6.45, 7) is 1.05. The minimum absolute atomic E-state index is 0.223. The average Bonchev–Trinajstić information content (AvgIpc) is 2.88. The van der Waals surface area contributed by atoms with Gasteiger partial charge in [0.1, 0.15) is 11.5 Å². The van der Waals surface area contributed by atoms with Gasteiger partial charge in [0.05, 0.1) is 13.7 Å². The maximum Gasteiger partial charge on any atom is 0.271 e. The van der Waals surface area contributed by atoms with Crippen molar-refractivity contribution in [1.82, 2.24) is 5.32 Å². The van der Waals surface area contributed by atoms with Crippen molar-refractivity contribution in [3.05, 3.63) is 47.7 Å². The molecule has 7 heteroatoms. The molecule has 108 valence electrons. The summed E-state index contributed by atoms with van der Waals surface area (Å²) >= 11 is 0. The summed E-state index contributed by atoms with van der Waals surface area (Å²) in [4.78, 5) is 0. The van der Waals surface area contributed by atoms with Crippen molar-refractivity contribution in [2.45, 2.75) is 18.2 Å². The van der Waals surface area contributed by atoms with Crippen molar-refractivity contribution in [2.24, 2.45) is 5.14 Å². The van der Waals surface area contributed by atoms with Crippen LogP contribution in [0.3, 0.4) is 0 Å². The monoisotopic (exact) mass is 296 g/mol. The molecule has 0 aliphatic rings. The first kappa shape index (κ1) is 14.6. The van der Waals surface area contributed by atoms with Crippen molar-refractivity contribution in [2.75, 3.05) is 7.11 Å². The fourth-order valence-corrected chi connectivity index (χ4v) is 2.16. The van der Waals surface area contributed by atoms with Gasteiger partial charge >= 0.3 is 0 Å². The molecular formula is C13H16N2O4S. The number of hydrogen-bond acceptors (Lipinski definition) is 5. The molecule has 0 unspecified atom stereocenters. The highest BCUT2D eigenvalue weighted by molar-refractivity contribution is 7.89. The summed E-state index contributed by atoms with van der Waals surface area (Å²) in [5.74, 6) is 1.32. The Morgan fingerprint density at radius 3 is 2.40 bits per heavy atom. The minimum Gasteiger partial charge on any atom is -0.497 e. The maximum atomic E-state index is 11.1. The fraction of sp³-hybridized carbons (Fsp3) is 0.231. The number of furan rings is 1. The number of nitrogens with one attached hydrogen (secondary N) is 1. The van der Waals surface area contributed by atoms with Gasteiger partial charge in [0.2, 0.25) is 5.09 Å². The van der Waals surface area contributed by atoms with Crippen LogP contribution < -0.4 is 15.2 Å². The number of benzene rings is 1.